The first-order valence-electron chi connectivity index (χ1n) is 4.26. The molecular formula is C9H16O2. The van der Waals surface area contributed by atoms with Crippen LogP contribution in [0.5, 0.6) is 0 Å². The van der Waals surface area contributed by atoms with Gasteiger partial charge in [-0.25, -0.2) is 0 Å². The van der Waals surface area contributed by atoms with E-state index in [-0.39, 0.29) is 18.1 Å². The zero-order valence-corrected chi connectivity index (χ0v) is 7.41. The Morgan fingerprint density at radius 1 is 1.55 bits per heavy atom. The molecule has 2 heteroatoms. The van der Waals surface area contributed by atoms with Crippen LogP contribution in [-0.4, -0.2) is 18.5 Å². The molecule has 0 bridgehead atoms. The lowest BCUT2D eigenvalue weighted by Gasteiger charge is -2.17. The standard InChI is InChI=1S/C9H16O2/c1-6(2)9-8(5-10)4-7(3)11-9/h5-9H,4H2,1-3H3/t7-,8+,9-/m0/s1. The predicted molar refractivity (Wildman–Crippen MR) is 43.3 cm³/mol. The molecule has 11 heavy (non-hydrogen) atoms. The minimum Gasteiger partial charge on any atom is -0.374 e. The van der Waals surface area contributed by atoms with Crippen LogP contribution in [-0.2, 0) is 9.53 Å². The average molecular weight is 156 g/mol. The maximum absolute atomic E-state index is 10.6. The quantitative estimate of drug-likeness (QED) is 0.568. The first-order valence-corrected chi connectivity index (χ1v) is 4.26. The Hall–Kier alpha value is -0.370. The maximum atomic E-state index is 10.6. The predicted octanol–water partition coefficient (Wildman–Crippen LogP) is 1.63. The second kappa shape index (κ2) is 3.35. The highest BCUT2D eigenvalue weighted by atomic mass is 16.5. The number of hydrogen-bond acceptors (Lipinski definition) is 2. The van der Waals surface area contributed by atoms with Gasteiger partial charge in [-0.15, -0.1) is 0 Å². The van der Waals surface area contributed by atoms with Crippen LogP contribution in [0.4, 0.5) is 0 Å². The summed E-state index contributed by atoms with van der Waals surface area (Å²) in [6.45, 7) is 6.22. The Morgan fingerprint density at radius 3 is 2.55 bits per heavy atom. The van der Waals surface area contributed by atoms with Gasteiger partial charge in [-0.3, -0.25) is 0 Å². The van der Waals surface area contributed by atoms with Gasteiger partial charge >= 0.3 is 0 Å². The van der Waals surface area contributed by atoms with Gasteiger partial charge in [0, 0.05) is 5.92 Å². The van der Waals surface area contributed by atoms with E-state index < -0.39 is 0 Å². The summed E-state index contributed by atoms with van der Waals surface area (Å²) in [5, 5.41) is 0. The van der Waals surface area contributed by atoms with E-state index >= 15 is 0 Å². The van der Waals surface area contributed by atoms with Gasteiger partial charge in [0.05, 0.1) is 12.2 Å². The van der Waals surface area contributed by atoms with E-state index in [1.54, 1.807) is 0 Å². The number of ether oxygens (including phenoxy) is 1. The lowest BCUT2D eigenvalue weighted by Crippen LogP contribution is -2.23. The summed E-state index contributed by atoms with van der Waals surface area (Å²) in [6.07, 6.45) is 2.35. The number of carbonyl (C=O) groups is 1. The number of aldehydes is 1. The first-order chi connectivity index (χ1) is 5.15. The van der Waals surface area contributed by atoms with E-state index in [2.05, 4.69) is 13.8 Å². The highest BCUT2D eigenvalue weighted by Gasteiger charge is 2.34. The van der Waals surface area contributed by atoms with Crippen LogP contribution < -0.4 is 0 Å². The van der Waals surface area contributed by atoms with Gasteiger partial charge in [0.15, 0.2) is 0 Å². The number of hydrogen-bond donors (Lipinski definition) is 0. The van der Waals surface area contributed by atoms with E-state index in [0.29, 0.717) is 5.92 Å². The second-order valence-corrected chi connectivity index (χ2v) is 3.69. The fourth-order valence-corrected chi connectivity index (χ4v) is 1.73. The molecule has 2 nitrogen and oxygen atoms in total. The third-order valence-corrected chi connectivity index (χ3v) is 2.25. The lowest BCUT2D eigenvalue weighted by atomic mass is 9.93. The van der Waals surface area contributed by atoms with E-state index in [9.17, 15) is 4.79 Å². The van der Waals surface area contributed by atoms with Crippen molar-refractivity contribution in [3.63, 3.8) is 0 Å². The largest absolute Gasteiger partial charge is 0.374 e. The molecule has 0 aromatic heterocycles. The summed E-state index contributed by atoms with van der Waals surface area (Å²) in [4.78, 5) is 10.6. The molecule has 1 saturated heterocycles. The van der Waals surface area contributed by atoms with E-state index in [1.165, 1.54) is 0 Å². The van der Waals surface area contributed by atoms with Crippen LogP contribution in [0.3, 0.4) is 0 Å². The van der Waals surface area contributed by atoms with Crippen molar-refractivity contribution >= 4 is 6.29 Å². The van der Waals surface area contributed by atoms with Crippen molar-refractivity contribution in [2.45, 2.75) is 39.4 Å². The van der Waals surface area contributed by atoms with Crippen molar-refractivity contribution in [3.05, 3.63) is 0 Å². The van der Waals surface area contributed by atoms with Gasteiger partial charge in [-0.1, -0.05) is 13.8 Å². The van der Waals surface area contributed by atoms with Gasteiger partial charge < -0.3 is 9.53 Å². The van der Waals surface area contributed by atoms with Crippen molar-refractivity contribution in [1.29, 1.82) is 0 Å². The Kier molecular flexibility index (Phi) is 2.66. The Labute approximate surface area is 67.9 Å². The van der Waals surface area contributed by atoms with Gasteiger partial charge in [-0.2, -0.15) is 0 Å². The van der Waals surface area contributed by atoms with Crippen molar-refractivity contribution in [3.8, 4) is 0 Å². The van der Waals surface area contributed by atoms with Crippen LogP contribution >= 0.6 is 0 Å². The molecule has 0 radical (unpaired) electrons. The Morgan fingerprint density at radius 2 is 2.18 bits per heavy atom. The third-order valence-electron chi connectivity index (χ3n) is 2.25. The summed E-state index contributed by atoms with van der Waals surface area (Å²) >= 11 is 0. The summed E-state index contributed by atoms with van der Waals surface area (Å²) in [5.41, 5.74) is 0. The average Bonchev–Trinajstić information content (AvgIpc) is 2.30. The molecule has 0 aromatic carbocycles. The van der Waals surface area contributed by atoms with Gasteiger partial charge in [-0.05, 0) is 19.3 Å². The van der Waals surface area contributed by atoms with Crippen LogP contribution in [0.2, 0.25) is 0 Å². The zero-order chi connectivity index (χ0) is 8.43. The molecule has 0 spiro atoms. The first kappa shape index (κ1) is 8.72. The topological polar surface area (TPSA) is 26.3 Å². The molecule has 1 fully saturated rings. The van der Waals surface area contributed by atoms with Gasteiger partial charge in [0.2, 0.25) is 0 Å². The van der Waals surface area contributed by atoms with Crippen LogP contribution in [0.1, 0.15) is 27.2 Å². The second-order valence-electron chi connectivity index (χ2n) is 3.69. The molecule has 1 aliphatic rings. The highest BCUT2D eigenvalue weighted by Crippen LogP contribution is 2.29. The van der Waals surface area contributed by atoms with Gasteiger partial charge in [0.1, 0.15) is 6.29 Å². The van der Waals surface area contributed by atoms with E-state index in [0.717, 1.165) is 12.7 Å². The molecule has 1 heterocycles. The summed E-state index contributed by atoms with van der Waals surface area (Å²) in [7, 11) is 0. The number of carbonyl (C=O) groups excluding carboxylic acids is 1. The van der Waals surface area contributed by atoms with E-state index in [1.807, 2.05) is 6.92 Å². The molecule has 0 saturated carbocycles. The van der Waals surface area contributed by atoms with Crippen molar-refractivity contribution in [2.75, 3.05) is 0 Å². The number of rotatable bonds is 2. The fraction of sp³-hybridized carbons (Fsp3) is 0.889. The normalized spacial score (nSPS) is 38.0. The molecule has 1 rings (SSSR count). The molecule has 0 aromatic rings. The Bertz CT molecular complexity index is 142. The molecule has 0 unspecified atom stereocenters. The highest BCUT2D eigenvalue weighted by molar-refractivity contribution is 5.55. The fourth-order valence-electron chi connectivity index (χ4n) is 1.73. The van der Waals surface area contributed by atoms with E-state index in [4.69, 9.17) is 4.74 Å². The molecule has 64 valence electrons. The maximum Gasteiger partial charge on any atom is 0.125 e. The lowest BCUT2D eigenvalue weighted by molar-refractivity contribution is -0.113. The van der Waals surface area contributed by atoms with Crippen LogP contribution in [0.15, 0.2) is 0 Å². The molecule has 0 aliphatic carbocycles. The molecule has 0 amide bonds. The summed E-state index contributed by atoms with van der Waals surface area (Å²) < 4.78 is 5.59. The summed E-state index contributed by atoms with van der Waals surface area (Å²) in [6, 6.07) is 0. The Balaban J connectivity index is 2.57. The zero-order valence-electron chi connectivity index (χ0n) is 7.41. The third kappa shape index (κ3) is 1.80. The summed E-state index contributed by atoms with van der Waals surface area (Å²) in [5.74, 6) is 0.583. The SMILES string of the molecule is CC(C)[C@@H]1O[C@@H](C)C[C@@H]1C=O. The molecule has 3 atom stereocenters. The van der Waals surface area contributed by atoms with Crippen LogP contribution in [0.25, 0.3) is 0 Å². The molecular weight excluding hydrogens is 140 g/mol. The minimum atomic E-state index is 0.130. The minimum absolute atomic E-state index is 0.130. The van der Waals surface area contributed by atoms with Crippen LogP contribution in [0, 0.1) is 11.8 Å². The van der Waals surface area contributed by atoms with Gasteiger partial charge in [0.25, 0.3) is 0 Å². The smallest absolute Gasteiger partial charge is 0.125 e. The molecule has 0 N–H and O–H groups in total. The molecule has 1 aliphatic heterocycles. The van der Waals surface area contributed by atoms with Crippen molar-refractivity contribution < 1.29 is 9.53 Å². The van der Waals surface area contributed by atoms with Crippen molar-refractivity contribution in [2.24, 2.45) is 11.8 Å². The monoisotopic (exact) mass is 156 g/mol. The van der Waals surface area contributed by atoms with Crippen molar-refractivity contribution in [1.82, 2.24) is 0 Å².